The summed E-state index contributed by atoms with van der Waals surface area (Å²) in [6.45, 7) is 3.56. The van der Waals surface area contributed by atoms with Gasteiger partial charge in [0.15, 0.2) is 11.6 Å². The first-order chi connectivity index (χ1) is 12.0. The standard InChI is InChI=1S/C16H13FN6O2/c1-8-11(15-22-21-9(2)24-15)6-23-14(8)16(19-7-20-23)25-13-4-3-10(18)5-12(13)17/h3-7H,18H2,1-2H3. The Kier molecular flexibility index (Phi) is 3.34. The van der Waals surface area contributed by atoms with Gasteiger partial charge in [-0.25, -0.2) is 8.91 Å². The molecule has 0 atom stereocenters. The second kappa shape index (κ2) is 5.55. The van der Waals surface area contributed by atoms with Crippen molar-refractivity contribution in [2.75, 3.05) is 5.73 Å². The van der Waals surface area contributed by atoms with Crippen LogP contribution >= 0.6 is 0 Å². The van der Waals surface area contributed by atoms with Crippen LogP contribution in [0.25, 0.3) is 17.0 Å². The summed E-state index contributed by atoms with van der Waals surface area (Å²) < 4.78 is 26.7. The average molecular weight is 340 g/mol. The molecule has 8 nitrogen and oxygen atoms in total. The molecule has 4 aromatic rings. The molecule has 0 amide bonds. The van der Waals surface area contributed by atoms with Gasteiger partial charge >= 0.3 is 0 Å². The van der Waals surface area contributed by atoms with Crippen LogP contribution in [0.1, 0.15) is 11.5 Å². The summed E-state index contributed by atoms with van der Waals surface area (Å²) in [5, 5.41) is 12.0. The number of benzene rings is 1. The number of hydrogen-bond acceptors (Lipinski definition) is 7. The molecule has 0 aliphatic carbocycles. The van der Waals surface area contributed by atoms with Gasteiger partial charge in [-0.1, -0.05) is 0 Å². The Morgan fingerprint density at radius 2 is 2.08 bits per heavy atom. The number of anilines is 1. The van der Waals surface area contributed by atoms with E-state index in [0.717, 1.165) is 5.56 Å². The van der Waals surface area contributed by atoms with Crippen molar-refractivity contribution in [3.63, 3.8) is 0 Å². The lowest BCUT2D eigenvalue weighted by Crippen LogP contribution is -1.98. The molecule has 1 aromatic carbocycles. The minimum Gasteiger partial charge on any atom is -0.434 e. The summed E-state index contributed by atoms with van der Waals surface area (Å²) >= 11 is 0. The zero-order chi connectivity index (χ0) is 17.6. The number of hydrogen-bond donors (Lipinski definition) is 1. The molecule has 0 aliphatic heterocycles. The predicted molar refractivity (Wildman–Crippen MR) is 86.6 cm³/mol. The van der Waals surface area contributed by atoms with Crippen molar-refractivity contribution in [1.29, 1.82) is 0 Å². The van der Waals surface area contributed by atoms with Crippen LogP contribution in [0.5, 0.6) is 11.6 Å². The van der Waals surface area contributed by atoms with E-state index >= 15 is 0 Å². The molecule has 0 bridgehead atoms. The Bertz CT molecular complexity index is 1090. The van der Waals surface area contributed by atoms with Gasteiger partial charge in [0.2, 0.25) is 17.7 Å². The summed E-state index contributed by atoms with van der Waals surface area (Å²) in [7, 11) is 0. The largest absolute Gasteiger partial charge is 0.434 e. The smallest absolute Gasteiger partial charge is 0.249 e. The minimum absolute atomic E-state index is 0.0191. The predicted octanol–water partition coefficient (Wildman–Crippen LogP) is 2.91. The minimum atomic E-state index is -0.575. The first-order valence-corrected chi connectivity index (χ1v) is 7.39. The number of ether oxygens (including phenoxy) is 1. The number of nitrogens with zero attached hydrogens (tertiary/aromatic N) is 5. The van der Waals surface area contributed by atoms with Crippen LogP contribution in [-0.2, 0) is 0 Å². The van der Waals surface area contributed by atoms with Crippen LogP contribution in [0.15, 0.2) is 35.1 Å². The Morgan fingerprint density at radius 1 is 1.24 bits per heavy atom. The lowest BCUT2D eigenvalue weighted by molar-refractivity contribution is 0.428. The molecule has 0 fully saturated rings. The molecule has 126 valence electrons. The van der Waals surface area contributed by atoms with Gasteiger partial charge in [0.1, 0.15) is 11.8 Å². The van der Waals surface area contributed by atoms with Crippen LogP contribution in [0, 0.1) is 19.7 Å². The highest BCUT2D eigenvalue weighted by Crippen LogP contribution is 2.33. The molecule has 3 heterocycles. The Labute approximate surface area is 141 Å². The molecule has 0 aliphatic rings. The molecule has 0 unspecified atom stereocenters. The number of nitrogen functional groups attached to an aromatic ring is 1. The number of rotatable bonds is 3. The fourth-order valence-electron chi connectivity index (χ4n) is 2.53. The van der Waals surface area contributed by atoms with Gasteiger partial charge in [0.05, 0.1) is 5.56 Å². The van der Waals surface area contributed by atoms with E-state index < -0.39 is 5.82 Å². The summed E-state index contributed by atoms with van der Waals surface area (Å²) in [5.41, 5.74) is 7.91. The Morgan fingerprint density at radius 3 is 2.80 bits per heavy atom. The zero-order valence-electron chi connectivity index (χ0n) is 13.4. The van der Waals surface area contributed by atoms with Crippen LogP contribution in [0.3, 0.4) is 0 Å². The highest BCUT2D eigenvalue weighted by molar-refractivity contribution is 5.75. The van der Waals surface area contributed by atoms with Crippen molar-refractivity contribution < 1.29 is 13.5 Å². The maximum absolute atomic E-state index is 14.0. The number of halogens is 1. The second-order valence-corrected chi connectivity index (χ2v) is 5.44. The fourth-order valence-corrected chi connectivity index (χ4v) is 2.53. The molecule has 0 saturated carbocycles. The molecule has 9 heteroatoms. The van der Waals surface area contributed by atoms with Gasteiger partial charge in [-0.3, -0.25) is 0 Å². The molecule has 2 N–H and O–H groups in total. The zero-order valence-corrected chi connectivity index (χ0v) is 13.4. The summed E-state index contributed by atoms with van der Waals surface area (Å²) in [6, 6.07) is 4.18. The number of aryl methyl sites for hydroxylation is 2. The van der Waals surface area contributed by atoms with Crippen molar-refractivity contribution in [2.45, 2.75) is 13.8 Å². The van der Waals surface area contributed by atoms with E-state index in [1.807, 2.05) is 6.92 Å². The van der Waals surface area contributed by atoms with Crippen LogP contribution in [0.2, 0.25) is 0 Å². The SMILES string of the molecule is Cc1nnc(-c2cn3ncnc(Oc4ccc(N)cc4F)c3c2C)o1. The normalized spacial score (nSPS) is 11.2. The molecule has 4 rings (SSSR count). The van der Waals surface area contributed by atoms with E-state index in [1.54, 1.807) is 23.7 Å². The quantitative estimate of drug-likeness (QED) is 0.572. The molecule has 0 spiro atoms. The average Bonchev–Trinajstić information content (AvgIpc) is 3.14. The first-order valence-electron chi connectivity index (χ1n) is 7.39. The van der Waals surface area contributed by atoms with E-state index in [9.17, 15) is 4.39 Å². The van der Waals surface area contributed by atoms with Gasteiger partial charge in [-0.2, -0.15) is 10.1 Å². The lowest BCUT2D eigenvalue weighted by atomic mass is 10.2. The van der Waals surface area contributed by atoms with Crippen molar-refractivity contribution in [1.82, 2.24) is 24.8 Å². The van der Waals surface area contributed by atoms with Crippen molar-refractivity contribution in [2.24, 2.45) is 0 Å². The summed E-state index contributed by atoms with van der Waals surface area (Å²) in [6.07, 6.45) is 3.05. The van der Waals surface area contributed by atoms with E-state index in [2.05, 4.69) is 20.3 Å². The van der Waals surface area contributed by atoms with E-state index in [-0.39, 0.29) is 11.6 Å². The van der Waals surface area contributed by atoms with Gasteiger partial charge < -0.3 is 14.9 Å². The van der Waals surface area contributed by atoms with Crippen LogP contribution < -0.4 is 10.5 Å². The third-order valence-corrected chi connectivity index (χ3v) is 3.71. The monoisotopic (exact) mass is 340 g/mol. The maximum atomic E-state index is 14.0. The third kappa shape index (κ3) is 2.55. The number of nitrogens with two attached hydrogens (primary N) is 1. The molecule has 25 heavy (non-hydrogen) atoms. The fraction of sp³-hybridized carbons (Fsp3) is 0.125. The highest BCUT2D eigenvalue weighted by atomic mass is 19.1. The summed E-state index contributed by atoms with van der Waals surface area (Å²) in [5.74, 6) is 0.472. The maximum Gasteiger partial charge on any atom is 0.249 e. The van der Waals surface area contributed by atoms with Gasteiger partial charge in [0.25, 0.3) is 0 Å². The second-order valence-electron chi connectivity index (χ2n) is 5.44. The molecular weight excluding hydrogens is 327 g/mol. The molecule has 0 radical (unpaired) electrons. The summed E-state index contributed by atoms with van der Waals surface area (Å²) in [4.78, 5) is 4.12. The Hall–Kier alpha value is -3.49. The molecule has 0 saturated heterocycles. The Balaban J connectivity index is 1.83. The van der Waals surface area contributed by atoms with Gasteiger partial charge in [0, 0.05) is 24.9 Å². The topological polar surface area (TPSA) is 104 Å². The van der Waals surface area contributed by atoms with E-state index in [0.29, 0.717) is 28.5 Å². The lowest BCUT2D eigenvalue weighted by Gasteiger charge is -2.08. The van der Waals surface area contributed by atoms with Crippen molar-refractivity contribution in [3.8, 4) is 23.1 Å². The van der Waals surface area contributed by atoms with Crippen molar-refractivity contribution in [3.05, 3.63) is 48.0 Å². The van der Waals surface area contributed by atoms with Crippen LogP contribution in [-0.4, -0.2) is 24.8 Å². The number of fused-ring (bicyclic) bond motifs is 1. The van der Waals surface area contributed by atoms with Gasteiger partial charge in [-0.15, -0.1) is 10.2 Å². The van der Waals surface area contributed by atoms with Gasteiger partial charge in [-0.05, 0) is 24.6 Å². The molecular formula is C16H13FN6O2. The van der Waals surface area contributed by atoms with Crippen LogP contribution in [0.4, 0.5) is 10.1 Å². The first kappa shape index (κ1) is 15.1. The van der Waals surface area contributed by atoms with E-state index in [1.165, 1.54) is 18.5 Å². The highest BCUT2D eigenvalue weighted by Gasteiger charge is 2.19. The molecule has 3 aromatic heterocycles. The number of aromatic nitrogens is 5. The van der Waals surface area contributed by atoms with Crippen molar-refractivity contribution >= 4 is 11.2 Å². The third-order valence-electron chi connectivity index (χ3n) is 3.71. The van der Waals surface area contributed by atoms with E-state index in [4.69, 9.17) is 14.9 Å².